The molecule has 0 aliphatic heterocycles. The Morgan fingerprint density at radius 2 is 2.06 bits per heavy atom. The van der Waals surface area contributed by atoms with Crippen LogP contribution in [0.5, 0.6) is 0 Å². The number of hydrogen-bond donors (Lipinski definition) is 4. The van der Waals surface area contributed by atoms with Crippen molar-refractivity contribution >= 4 is 27.4 Å². The maximum Gasteiger partial charge on any atom is 0.322 e. The molecule has 0 bridgehead atoms. The molecule has 6 N–H and O–H groups in total. The minimum absolute atomic E-state index is 0.120. The Balaban J connectivity index is 3.24. The van der Waals surface area contributed by atoms with Crippen molar-refractivity contribution in [2.45, 2.75) is 11.8 Å². The molecule has 0 amide bonds. The molecule has 0 atom stereocenters. The van der Waals surface area contributed by atoms with Gasteiger partial charge in [-0.2, -0.15) is 0 Å². The highest BCUT2D eigenvalue weighted by Gasteiger charge is 2.15. The van der Waals surface area contributed by atoms with Gasteiger partial charge in [0.15, 0.2) is 0 Å². The maximum absolute atomic E-state index is 11.3. The Hall–Kier alpha value is -1.80. The summed E-state index contributed by atoms with van der Waals surface area (Å²) < 4.78 is 22.5. The molecule has 0 aromatic heterocycles. The summed E-state index contributed by atoms with van der Waals surface area (Å²) in [5, 5.41) is 16.1. The first-order valence-corrected chi connectivity index (χ1v) is 6.15. The number of rotatable bonds is 4. The number of carboxylic acid groups (broad SMARTS) is 1. The summed E-state index contributed by atoms with van der Waals surface area (Å²) in [6, 6.07) is 2.68. The number of aliphatic carboxylic acids is 1. The van der Waals surface area contributed by atoms with Gasteiger partial charge in [-0.1, -0.05) is 0 Å². The summed E-state index contributed by atoms with van der Waals surface area (Å²) in [4.78, 5) is 10.3. The van der Waals surface area contributed by atoms with Crippen LogP contribution in [0.15, 0.2) is 17.0 Å². The molecule has 0 aliphatic rings. The summed E-state index contributed by atoms with van der Waals surface area (Å²) >= 11 is 0. The smallest absolute Gasteiger partial charge is 0.322 e. The summed E-state index contributed by atoms with van der Waals surface area (Å²) in [5.74, 6) is -1.07. The molecule has 8 heteroatoms. The quantitative estimate of drug-likeness (QED) is 0.549. The van der Waals surface area contributed by atoms with Crippen LogP contribution in [0.1, 0.15) is 5.56 Å². The van der Waals surface area contributed by atoms with Crippen molar-refractivity contribution in [1.82, 2.24) is 0 Å². The van der Waals surface area contributed by atoms with E-state index in [0.29, 0.717) is 11.3 Å². The zero-order chi connectivity index (χ0) is 13.2. The minimum Gasteiger partial charge on any atom is -0.480 e. The number of hydrogen-bond acceptors (Lipinski definition) is 5. The molecule has 1 aromatic carbocycles. The molecule has 1 aromatic rings. The molecule has 0 spiro atoms. The molecular formula is C9H13N3O4S. The van der Waals surface area contributed by atoms with Gasteiger partial charge in [-0.15, -0.1) is 0 Å². The normalized spacial score (nSPS) is 11.2. The Morgan fingerprint density at radius 3 is 2.53 bits per heavy atom. The third-order valence-electron chi connectivity index (χ3n) is 2.12. The molecule has 1 rings (SSSR count). The first kappa shape index (κ1) is 13.3. The van der Waals surface area contributed by atoms with Crippen molar-refractivity contribution < 1.29 is 18.3 Å². The van der Waals surface area contributed by atoms with Crippen molar-refractivity contribution in [3.8, 4) is 0 Å². The number of nitrogens with one attached hydrogen (secondary N) is 1. The molecule has 0 fully saturated rings. The molecular weight excluding hydrogens is 246 g/mol. The molecule has 0 heterocycles. The van der Waals surface area contributed by atoms with Gasteiger partial charge in [-0.25, -0.2) is 13.6 Å². The van der Waals surface area contributed by atoms with Gasteiger partial charge >= 0.3 is 5.97 Å². The molecule has 17 heavy (non-hydrogen) atoms. The monoisotopic (exact) mass is 259 g/mol. The molecule has 0 radical (unpaired) electrons. The molecule has 7 nitrogen and oxygen atoms in total. The van der Waals surface area contributed by atoms with Crippen molar-refractivity contribution in [3.05, 3.63) is 17.7 Å². The Bertz CT molecular complexity index is 554. The highest BCUT2D eigenvalue weighted by Crippen LogP contribution is 2.25. The van der Waals surface area contributed by atoms with E-state index >= 15 is 0 Å². The van der Waals surface area contributed by atoms with Crippen LogP contribution >= 0.6 is 0 Å². The second-order valence-electron chi connectivity index (χ2n) is 3.48. The van der Waals surface area contributed by atoms with Crippen LogP contribution in [0.3, 0.4) is 0 Å². The number of primary sulfonamides is 1. The van der Waals surface area contributed by atoms with E-state index in [1.807, 2.05) is 0 Å². The number of benzene rings is 1. The maximum atomic E-state index is 11.3. The fourth-order valence-electron chi connectivity index (χ4n) is 1.36. The van der Waals surface area contributed by atoms with Gasteiger partial charge in [-0.05, 0) is 24.6 Å². The van der Waals surface area contributed by atoms with Crippen LogP contribution in [0.2, 0.25) is 0 Å². The van der Waals surface area contributed by atoms with Crippen LogP contribution in [0.25, 0.3) is 0 Å². The lowest BCUT2D eigenvalue weighted by Gasteiger charge is -2.12. The van der Waals surface area contributed by atoms with E-state index in [2.05, 4.69) is 5.32 Å². The van der Waals surface area contributed by atoms with Gasteiger partial charge in [0.1, 0.15) is 6.54 Å². The average molecular weight is 259 g/mol. The Morgan fingerprint density at radius 1 is 1.47 bits per heavy atom. The molecule has 0 saturated carbocycles. The lowest BCUT2D eigenvalue weighted by molar-refractivity contribution is -0.134. The van der Waals surface area contributed by atoms with Gasteiger partial charge in [0.05, 0.1) is 4.90 Å². The van der Waals surface area contributed by atoms with E-state index in [1.54, 1.807) is 0 Å². The van der Waals surface area contributed by atoms with E-state index in [-0.39, 0.29) is 17.1 Å². The van der Waals surface area contributed by atoms with E-state index in [0.717, 1.165) is 0 Å². The predicted molar refractivity (Wildman–Crippen MR) is 63.1 cm³/mol. The van der Waals surface area contributed by atoms with Crippen LogP contribution in [0.4, 0.5) is 11.4 Å². The van der Waals surface area contributed by atoms with E-state index in [4.69, 9.17) is 16.0 Å². The second-order valence-corrected chi connectivity index (χ2v) is 5.01. The van der Waals surface area contributed by atoms with Crippen molar-refractivity contribution in [2.24, 2.45) is 5.14 Å². The SMILES string of the molecule is Cc1c(NCC(=O)O)cc(N)cc1S(N)(=O)=O. The number of sulfonamides is 1. The summed E-state index contributed by atoms with van der Waals surface area (Å²) in [6.45, 7) is 1.18. The Labute approximate surface area is 98.5 Å². The topological polar surface area (TPSA) is 136 Å². The lowest BCUT2D eigenvalue weighted by atomic mass is 10.2. The van der Waals surface area contributed by atoms with Crippen LogP contribution < -0.4 is 16.2 Å². The third-order valence-corrected chi connectivity index (χ3v) is 3.16. The van der Waals surface area contributed by atoms with Gasteiger partial charge in [0.2, 0.25) is 10.0 Å². The zero-order valence-electron chi connectivity index (χ0n) is 9.10. The lowest BCUT2D eigenvalue weighted by Crippen LogP contribution is -2.17. The van der Waals surface area contributed by atoms with E-state index in [1.165, 1.54) is 19.1 Å². The van der Waals surface area contributed by atoms with Gasteiger partial charge in [-0.3, -0.25) is 4.79 Å². The van der Waals surface area contributed by atoms with Crippen molar-refractivity contribution in [1.29, 1.82) is 0 Å². The van der Waals surface area contributed by atoms with Crippen LogP contribution in [0, 0.1) is 6.92 Å². The number of carbonyl (C=O) groups is 1. The van der Waals surface area contributed by atoms with Gasteiger partial charge in [0.25, 0.3) is 0 Å². The summed E-state index contributed by atoms with van der Waals surface area (Å²) in [6.07, 6.45) is 0. The highest BCUT2D eigenvalue weighted by molar-refractivity contribution is 7.89. The summed E-state index contributed by atoms with van der Waals surface area (Å²) in [7, 11) is -3.88. The fraction of sp³-hybridized carbons (Fsp3) is 0.222. The largest absolute Gasteiger partial charge is 0.480 e. The number of carboxylic acids is 1. The second kappa shape index (κ2) is 4.60. The average Bonchev–Trinajstić information content (AvgIpc) is 2.17. The third kappa shape index (κ3) is 3.33. The molecule has 0 saturated heterocycles. The van der Waals surface area contributed by atoms with Gasteiger partial charge < -0.3 is 16.2 Å². The number of anilines is 2. The van der Waals surface area contributed by atoms with E-state index in [9.17, 15) is 13.2 Å². The standard InChI is InChI=1S/C9H13N3O4S/c1-5-7(12-4-9(13)14)2-6(10)3-8(5)17(11,15)16/h2-3,12H,4,10H2,1H3,(H,13,14)(H2,11,15,16). The fourth-order valence-corrected chi connectivity index (χ4v) is 2.20. The van der Waals surface area contributed by atoms with Crippen molar-refractivity contribution in [3.63, 3.8) is 0 Å². The first-order valence-electron chi connectivity index (χ1n) is 4.60. The molecule has 94 valence electrons. The number of nitrogen functional groups attached to an aromatic ring is 1. The summed E-state index contributed by atoms with van der Waals surface area (Å²) in [5.41, 5.74) is 6.38. The zero-order valence-corrected chi connectivity index (χ0v) is 9.91. The van der Waals surface area contributed by atoms with Gasteiger partial charge in [0, 0.05) is 11.4 Å². The van der Waals surface area contributed by atoms with Crippen LogP contribution in [-0.2, 0) is 14.8 Å². The van der Waals surface area contributed by atoms with E-state index < -0.39 is 16.0 Å². The van der Waals surface area contributed by atoms with Crippen molar-refractivity contribution in [2.75, 3.05) is 17.6 Å². The number of nitrogens with two attached hydrogens (primary N) is 2. The first-order chi connectivity index (χ1) is 7.71. The minimum atomic E-state index is -3.88. The molecule has 0 unspecified atom stereocenters. The Kier molecular flexibility index (Phi) is 3.59. The van der Waals surface area contributed by atoms with Crippen LogP contribution in [-0.4, -0.2) is 26.0 Å². The molecule has 0 aliphatic carbocycles. The predicted octanol–water partition coefficient (Wildman–Crippen LogP) is -0.279. The highest BCUT2D eigenvalue weighted by atomic mass is 32.2.